The van der Waals surface area contributed by atoms with Crippen LogP contribution in [-0.4, -0.2) is 13.7 Å². The van der Waals surface area contributed by atoms with Crippen LogP contribution in [0.3, 0.4) is 0 Å². The Bertz CT molecular complexity index is 508. The minimum absolute atomic E-state index is 0.161. The first-order chi connectivity index (χ1) is 7.45. The normalized spacial score (nSPS) is 11.1. The van der Waals surface area contributed by atoms with Gasteiger partial charge >= 0.3 is 11.4 Å². The second kappa shape index (κ2) is 4.78. The number of nitrogens with zero attached hydrogens (tertiary/aromatic N) is 3. The zero-order valence-corrected chi connectivity index (χ0v) is 10.9. The Hall–Kier alpha value is -1.17. The van der Waals surface area contributed by atoms with Crippen molar-refractivity contribution in [1.82, 2.24) is 13.7 Å². The van der Waals surface area contributed by atoms with E-state index < -0.39 is 0 Å². The van der Waals surface area contributed by atoms with Crippen molar-refractivity contribution >= 4 is 12.2 Å². The largest absolute Gasteiger partial charge is 0.334 e. The van der Waals surface area contributed by atoms with Crippen molar-refractivity contribution in [2.45, 2.75) is 46.8 Å². The van der Waals surface area contributed by atoms with Gasteiger partial charge in [0.05, 0.1) is 0 Å². The maximum atomic E-state index is 12.0. The molecule has 0 unspecified atom stereocenters. The summed E-state index contributed by atoms with van der Waals surface area (Å²) in [4.78, 5) is 24.0. The fourth-order valence-corrected chi connectivity index (χ4v) is 2.05. The van der Waals surface area contributed by atoms with Gasteiger partial charge in [-0.3, -0.25) is 9.13 Å². The van der Waals surface area contributed by atoms with E-state index >= 15 is 0 Å². The van der Waals surface area contributed by atoms with E-state index in [0.717, 1.165) is 0 Å². The van der Waals surface area contributed by atoms with Crippen LogP contribution >= 0.6 is 12.2 Å². The number of hydrogen-bond donors (Lipinski definition) is 0. The Morgan fingerprint density at radius 3 is 1.69 bits per heavy atom. The van der Waals surface area contributed by atoms with E-state index in [0.29, 0.717) is 17.9 Å². The summed E-state index contributed by atoms with van der Waals surface area (Å²) in [6.07, 6.45) is 0. The molecule has 0 N–H and O–H groups in total. The molecule has 1 aromatic rings. The Kier molecular flexibility index (Phi) is 3.85. The molecule has 0 saturated carbocycles. The second-order valence-electron chi connectivity index (χ2n) is 3.80. The minimum atomic E-state index is -0.322. The van der Waals surface area contributed by atoms with Gasteiger partial charge in [0.25, 0.3) is 0 Å². The molecule has 0 saturated heterocycles. The molecule has 0 aliphatic carbocycles. The maximum absolute atomic E-state index is 12.0. The molecule has 1 heterocycles. The van der Waals surface area contributed by atoms with Gasteiger partial charge in [-0.25, -0.2) is 14.2 Å². The summed E-state index contributed by atoms with van der Waals surface area (Å²) in [6, 6.07) is -0.161. The predicted molar refractivity (Wildman–Crippen MR) is 65.5 cm³/mol. The summed E-state index contributed by atoms with van der Waals surface area (Å²) in [5, 5.41) is 0. The van der Waals surface area contributed by atoms with Crippen molar-refractivity contribution in [2.75, 3.05) is 0 Å². The first-order valence-corrected chi connectivity index (χ1v) is 5.82. The Labute approximate surface area is 99.0 Å². The Morgan fingerprint density at radius 2 is 1.44 bits per heavy atom. The maximum Gasteiger partial charge on any atom is 0.334 e. The predicted octanol–water partition coefficient (Wildman–Crippen LogP) is 1.16. The van der Waals surface area contributed by atoms with Crippen LogP contribution in [0.4, 0.5) is 0 Å². The van der Waals surface area contributed by atoms with E-state index in [1.54, 1.807) is 0 Å². The monoisotopic (exact) mass is 243 g/mol. The lowest BCUT2D eigenvalue weighted by Crippen LogP contribution is -2.46. The zero-order valence-electron chi connectivity index (χ0n) is 10.1. The van der Waals surface area contributed by atoms with Crippen LogP contribution < -0.4 is 11.4 Å². The van der Waals surface area contributed by atoms with E-state index in [-0.39, 0.29) is 17.4 Å². The molecule has 0 radical (unpaired) electrons. The highest BCUT2D eigenvalue weighted by Gasteiger charge is 2.13. The van der Waals surface area contributed by atoms with Crippen LogP contribution in [0.15, 0.2) is 9.59 Å². The molecule has 0 bridgehead atoms. The smallest absolute Gasteiger partial charge is 0.270 e. The van der Waals surface area contributed by atoms with Gasteiger partial charge in [0.2, 0.25) is 0 Å². The quantitative estimate of drug-likeness (QED) is 0.749. The molecule has 16 heavy (non-hydrogen) atoms. The highest BCUT2D eigenvalue weighted by Crippen LogP contribution is 1.96. The SMILES string of the molecule is CCn1c(=S)n(CC)c(=O)n(C(C)C)c1=O. The number of rotatable bonds is 3. The van der Waals surface area contributed by atoms with Crippen molar-refractivity contribution in [2.24, 2.45) is 0 Å². The van der Waals surface area contributed by atoms with Crippen molar-refractivity contribution < 1.29 is 0 Å². The molecule has 0 aliphatic heterocycles. The van der Waals surface area contributed by atoms with Gasteiger partial charge in [0.15, 0.2) is 4.77 Å². The topological polar surface area (TPSA) is 48.9 Å². The lowest BCUT2D eigenvalue weighted by molar-refractivity contribution is 0.440. The summed E-state index contributed by atoms with van der Waals surface area (Å²) in [5.74, 6) is 0. The third-order valence-electron chi connectivity index (χ3n) is 2.48. The molecule has 0 aromatic carbocycles. The molecule has 5 nitrogen and oxygen atoms in total. The molecule has 0 fully saturated rings. The number of hydrogen-bond acceptors (Lipinski definition) is 3. The summed E-state index contributed by atoms with van der Waals surface area (Å²) < 4.78 is 4.43. The molecular formula is C10H17N3O2S. The van der Waals surface area contributed by atoms with E-state index in [9.17, 15) is 9.59 Å². The van der Waals surface area contributed by atoms with E-state index in [4.69, 9.17) is 12.2 Å². The third-order valence-corrected chi connectivity index (χ3v) is 2.93. The standard InChI is InChI=1S/C10H17N3O2S/c1-5-11-8(14)13(7(3)4)9(15)12(6-2)10(11)16/h7H,5-6H2,1-4H3. The van der Waals surface area contributed by atoms with Crippen LogP contribution in [-0.2, 0) is 13.1 Å². The van der Waals surface area contributed by atoms with Gasteiger partial charge in [0.1, 0.15) is 0 Å². The van der Waals surface area contributed by atoms with Crippen LogP contribution in [0.1, 0.15) is 33.7 Å². The minimum Gasteiger partial charge on any atom is -0.270 e. The Morgan fingerprint density at radius 1 is 1.06 bits per heavy atom. The van der Waals surface area contributed by atoms with Crippen LogP contribution in [0.2, 0.25) is 0 Å². The molecule has 90 valence electrons. The summed E-state index contributed by atoms with van der Waals surface area (Å²) in [6.45, 7) is 8.26. The third kappa shape index (κ3) is 1.89. The van der Waals surface area contributed by atoms with Crippen LogP contribution in [0.25, 0.3) is 0 Å². The first kappa shape index (κ1) is 12.9. The van der Waals surface area contributed by atoms with E-state index in [2.05, 4.69) is 0 Å². The zero-order chi connectivity index (χ0) is 12.5. The van der Waals surface area contributed by atoms with E-state index in [1.165, 1.54) is 13.7 Å². The lowest BCUT2D eigenvalue weighted by atomic mass is 10.4. The number of aromatic nitrogens is 3. The second-order valence-corrected chi connectivity index (χ2v) is 4.17. The van der Waals surface area contributed by atoms with Gasteiger partial charge in [-0.2, -0.15) is 0 Å². The van der Waals surface area contributed by atoms with E-state index in [1.807, 2.05) is 27.7 Å². The summed E-state index contributed by atoms with van der Waals surface area (Å²) in [7, 11) is 0. The van der Waals surface area contributed by atoms with Crippen molar-refractivity contribution in [1.29, 1.82) is 0 Å². The summed E-state index contributed by atoms with van der Waals surface area (Å²) in [5.41, 5.74) is -0.644. The molecule has 1 rings (SSSR count). The van der Waals surface area contributed by atoms with Crippen molar-refractivity contribution in [3.8, 4) is 0 Å². The fraction of sp³-hybridized carbons (Fsp3) is 0.700. The molecule has 1 aromatic heterocycles. The molecule has 0 aliphatic rings. The van der Waals surface area contributed by atoms with Gasteiger partial charge in [-0.05, 0) is 39.9 Å². The molecule has 0 amide bonds. The van der Waals surface area contributed by atoms with Gasteiger partial charge in [0, 0.05) is 19.1 Å². The highest BCUT2D eigenvalue weighted by molar-refractivity contribution is 7.71. The highest BCUT2D eigenvalue weighted by atomic mass is 32.1. The molecule has 0 spiro atoms. The van der Waals surface area contributed by atoms with Gasteiger partial charge in [-0.15, -0.1) is 0 Å². The molecular weight excluding hydrogens is 226 g/mol. The van der Waals surface area contributed by atoms with Gasteiger partial charge < -0.3 is 0 Å². The van der Waals surface area contributed by atoms with Crippen molar-refractivity contribution in [3.63, 3.8) is 0 Å². The first-order valence-electron chi connectivity index (χ1n) is 5.41. The average Bonchev–Trinajstić information content (AvgIpc) is 2.18. The molecule has 6 heteroatoms. The fourth-order valence-electron chi connectivity index (χ4n) is 1.63. The molecule has 0 atom stereocenters. The average molecular weight is 243 g/mol. The van der Waals surface area contributed by atoms with Crippen molar-refractivity contribution in [3.05, 3.63) is 25.7 Å². The van der Waals surface area contributed by atoms with Crippen LogP contribution in [0.5, 0.6) is 0 Å². The lowest BCUT2D eigenvalue weighted by Gasteiger charge is -2.15. The summed E-state index contributed by atoms with van der Waals surface area (Å²) >= 11 is 5.12. The van der Waals surface area contributed by atoms with Crippen LogP contribution in [0, 0.1) is 4.77 Å². The Balaban J connectivity index is 3.86. The van der Waals surface area contributed by atoms with Gasteiger partial charge in [-0.1, -0.05) is 0 Å².